The van der Waals surface area contributed by atoms with Crippen molar-refractivity contribution in [2.24, 2.45) is 5.73 Å². The smallest absolute Gasteiger partial charge is 0.325 e. The Morgan fingerprint density at radius 2 is 1.29 bits per heavy atom. The Morgan fingerprint density at radius 3 is 1.80 bits per heavy atom. The molecule has 0 aromatic carbocycles. The second-order valence-corrected chi connectivity index (χ2v) is 15.3. The first-order chi connectivity index (χ1) is 24.1. The van der Waals surface area contributed by atoms with Gasteiger partial charge < -0.3 is 36.1 Å². The summed E-state index contributed by atoms with van der Waals surface area (Å²) in [6.07, 6.45) is 3.01. The predicted octanol–water partition coefficient (Wildman–Crippen LogP) is 5.86. The maximum atomic E-state index is 11.7. The number of carboxylic acid groups (broad SMARTS) is 3. The molecule has 13 heteroatoms. The number of aliphatic hydroxyl groups is 1. The molecule has 2 aliphatic rings. The Bertz CT molecular complexity index is 2180. The van der Waals surface area contributed by atoms with Crippen molar-refractivity contribution in [2.45, 2.75) is 65.5 Å². The Morgan fingerprint density at radius 1 is 0.784 bits per heavy atom. The van der Waals surface area contributed by atoms with Gasteiger partial charge >= 0.3 is 17.9 Å². The number of hydrogen-bond acceptors (Lipinski definition) is 7. The van der Waals surface area contributed by atoms with E-state index in [2.05, 4.69) is 16.5 Å². The molecule has 3 aromatic heterocycles. The number of rotatable bonds is 13. The van der Waals surface area contributed by atoms with E-state index in [4.69, 9.17) is 15.7 Å². The summed E-state index contributed by atoms with van der Waals surface area (Å²) in [5, 5.41) is 40.1. The lowest BCUT2D eigenvalue weighted by atomic mass is 9.98. The van der Waals surface area contributed by atoms with Crippen LogP contribution in [0.1, 0.15) is 90.7 Å². The summed E-state index contributed by atoms with van der Waals surface area (Å²) in [5.74, 6) is -2.41. The van der Waals surface area contributed by atoms with E-state index in [0.717, 1.165) is 50.0 Å². The van der Waals surface area contributed by atoms with Crippen LogP contribution in [0.5, 0.6) is 0 Å². The summed E-state index contributed by atoms with van der Waals surface area (Å²) < 4.78 is 0. The van der Waals surface area contributed by atoms with Crippen LogP contribution >= 0.6 is 0 Å². The lowest BCUT2D eigenvalue weighted by Crippen LogP contribution is -2.38. The number of nitrogens with one attached hydrogen (secondary N) is 2. The number of hydrogen-bond donors (Lipinski definition) is 7. The maximum absolute atomic E-state index is 11.7. The molecule has 268 valence electrons. The number of fused-ring (bicyclic) bond motifs is 8. The fourth-order valence-electron chi connectivity index (χ4n) is 6.73. The molecule has 0 amide bonds. The number of aliphatic carboxylic acids is 3. The van der Waals surface area contributed by atoms with Gasteiger partial charge in [-0.2, -0.15) is 0 Å². The molecule has 2 aliphatic heterocycles. The lowest BCUT2D eigenvalue weighted by molar-refractivity contribution is -0.138. The van der Waals surface area contributed by atoms with Crippen molar-refractivity contribution in [2.75, 3.05) is 17.8 Å². The molecule has 0 saturated heterocycles. The summed E-state index contributed by atoms with van der Waals surface area (Å²) in [5.41, 5.74) is 17.5. The number of nitrogens with zero attached hydrogens (tertiary/aromatic N) is 2. The topological polar surface area (TPSA) is 216 Å². The number of nitrogens with two attached hydrogens (primary N) is 1. The zero-order chi connectivity index (χ0) is 37.3. The summed E-state index contributed by atoms with van der Waals surface area (Å²) >= 11 is 0. The zero-order valence-corrected chi connectivity index (χ0v) is 30.2. The second-order valence-electron chi connectivity index (χ2n) is 13.1. The highest BCUT2D eigenvalue weighted by atomic mass is 32.2. The second kappa shape index (κ2) is 15.1. The van der Waals surface area contributed by atoms with Gasteiger partial charge in [-0.3, -0.25) is 14.4 Å². The molecule has 51 heavy (non-hydrogen) atoms. The summed E-state index contributed by atoms with van der Waals surface area (Å²) in [4.78, 5) is 51.6. The number of aromatic amines is 2. The summed E-state index contributed by atoms with van der Waals surface area (Å²) in [7, 11) is -0.504. The predicted molar refractivity (Wildman–Crippen MR) is 203 cm³/mol. The van der Waals surface area contributed by atoms with Crippen LogP contribution in [-0.4, -0.2) is 82.1 Å². The third-order valence-electron chi connectivity index (χ3n) is 9.57. The van der Waals surface area contributed by atoms with Gasteiger partial charge in [0.1, 0.15) is 23.7 Å². The van der Waals surface area contributed by atoms with Crippen molar-refractivity contribution in [3.8, 4) is 0 Å². The van der Waals surface area contributed by atoms with E-state index in [9.17, 15) is 34.8 Å². The quantitative estimate of drug-likeness (QED) is 0.105. The van der Waals surface area contributed by atoms with Gasteiger partial charge in [0, 0.05) is 46.0 Å². The molecule has 0 spiro atoms. The highest BCUT2D eigenvalue weighted by Gasteiger charge is 2.29. The first kappa shape index (κ1) is 37.3. The van der Waals surface area contributed by atoms with Crippen LogP contribution in [0.4, 0.5) is 0 Å². The Labute approximate surface area is 298 Å². The molecule has 0 aliphatic carbocycles. The monoisotopic (exact) mass is 714 g/mol. The van der Waals surface area contributed by atoms with Crippen LogP contribution in [0.25, 0.3) is 50.4 Å². The number of aliphatic hydroxyl groups excluding tert-OH is 1. The van der Waals surface area contributed by atoms with Gasteiger partial charge in [0.05, 0.1) is 29.0 Å². The van der Waals surface area contributed by atoms with Crippen molar-refractivity contribution < 1.29 is 34.8 Å². The first-order valence-electron chi connectivity index (χ1n) is 16.6. The van der Waals surface area contributed by atoms with Crippen LogP contribution in [0, 0.1) is 13.8 Å². The number of allylic oxidation sites excluding steroid dienone is 4. The maximum Gasteiger partial charge on any atom is 0.325 e. The molecule has 5 heterocycles. The van der Waals surface area contributed by atoms with Crippen molar-refractivity contribution in [3.05, 3.63) is 75.9 Å². The normalized spacial score (nSPS) is 14.8. The van der Waals surface area contributed by atoms with Crippen molar-refractivity contribution >= 4 is 79.2 Å². The van der Waals surface area contributed by atoms with Gasteiger partial charge in [0.25, 0.3) is 0 Å². The molecule has 0 saturated carbocycles. The average Bonchev–Trinajstić information content (AvgIpc) is 3.71. The van der Waals surface area contributed by atoms with Gasteiger partial charge in [-0.1, -0.05) is 12.7 Å². The zero-order valence-electron chi connectivity index (χ0n) is 29.4. The Balaban J connectivity index is 1.84. The minimum absolute atomic E-state index is 0.0855. The minimum atomic E-state index is -1.08. The third-order valence-corrected chi connectivity index (χ3v) is 11.4. The van der Waals surface area contributed by atoms with Crippen LogP contribution in [0.3, 0.4) is 0 Å². The number of carbonyl (C=O) groups is 3. The lowest BCUT2D eigenvalue weighted by Gasteiger charge is -2.13. The van der Waals surface area contributed by atoms with Gasteiger partial charge in [-0.25, -0.2) is 9.97 Å². The van der Waals surface area contributed by atoms with Crippen LogP contribution in [0.15, 0.2) is 30.8 Å². The van der Waals surface area contributed by atoms with E-state index < -0.39 is 40.9 Å². The standard InChI is InChI=1S/C38H43N5O7S/c1-7-22-18(2)28-14-33-37(34(44)17-51(6)16-25(39)38(49)50)21(5)29(43-33)12-26-19(3)23(8-10-35(45)46)31(41-26)15-32-24(9-11-36(47)48)20(4)27(42-32)13-30(22)40-28/h7,12-15,25,34,44H,1,8-11,16-17,39H2,2-6H3,(H4-,40,41,42,43,45,46,47,48,49,50)/p+1/t25-,34?,51?/m0/s1. The minimum Gasteiger partial charge on any atom is -0.481 e. The Kier molecular flexibility index (Phi) is 11.0. The molecule has 2 unspecified atom stereocenters. The first-order valence-corrected chi connectivity index (χ1v) is 18.5. The van der Waals surface area contributed by atoms with E-state index >= 15 is 0 Å². The van der Waals surface area contributed by atoms with Crippen molar-refractivity contribution in [3.63, 3.8) is 0 Å². The SMILES string of the molecule is C=Cc1c(C)c2cc3[nH]c(cc4nc(cc5nc(cc1[nH]2)C(C)=C5CCC(=O)O)C(CCC(=O)O)=C4C)c(C)c3C(O)C[S+](C)C[C@H](N)C(=O)O. The van der Waals surface area contributed by atoms with Crippen LogP contribution in [-0.2, 0) is 25.3 Å². The van der Waals surface area contributed by atoms with E-state index in [0.29, 0.717) is 45.1 Å². The molecule has 3 atom stereocenters. The number of aromatic nitrogens is 4. The highest BCUT2D eigenvalue weighted by molar-refractivity contribution is 7.96. The fourth-order valence-corrected chi connectivity index (χ4v) is 8.33. The van der Waals surface area contributed by atoms with E-state index in [-0.39, 0.29) is 31.4 Å². The largest absolute Gasteiger partial charge is 0.481 e. The van der Waals surface area contributed by atoms with Crippen LogP contribution in [0.2, 0.25) is 0 Å². The fraction of sp³-hybridized carbons (Fsp3) is 0.342. The molecule has 3 aromatic rings. The van der Waals surface area contributed by atoms with Crippen LogP contribution < -0.4 is 5.73 Å². The van der Waals surface area contributed by atoms with Gasteiger partial charge in [0.2, 0.25) is 0 Å². The number of H-pyrrole nitrogens is 2. The van der Waals surface area contributed by atoms with E-state index in [1.165, 1.54) is 0 Å². The van der Waals surface area contributed by atoms with Gasteiger partial charge in [0.15, 0.2) is 0 Å². The molecule has 0 fully saturated rings. The summed E-state index contributed by atoms with van der Waals surface area (Å²) in [6, 6.07) is 6.52. The van der Waals surface area contributed by atoms with E-state index in [1.807, 2.05) is 58.2 Å². The highest BCUT2D eigenvalue weighted by Crippen LogP contribution is 2.38. The molecular weight excluding hydrogens is 671 g/mol. The third kappa shape index (κ3) is 7.85. The molecular formula is C38H44N5O7S+. The molecule has 12 nitrogen and oxygen atoms in total. The number of aryl methyl sites for hydroxylation is 2. The van der Waals surface area contributed by atoms with Gasteiger partial charge in [-0.05, 0) is 109 Å². The average molecular weight is 715 g/mol. The van der Waals surface area contributed by atoms with Gasteiger partial charge in [-0.15, -0.1) is 0 Å². The summed E-state index contributed by atoms with van der Waals surface area (Å²) in [6.45, 7) is 11.7. The Hall–Kier alpha value is -4.98. The van der Waals surface area contributed by atoms with Crippen molar-refractivity contribution in [1.29, 1.82) is 0 Å². The molecule has 5 rings (SSSR count). The molecule has 8 N–H and O–H groups in total. The van der Waals surface area contributed by atoms with E-state index in [1.54, 1.807) is 6.08 Å². The molecule has 0 radical (unpaired) electrons. The van der Waals surface area contributed by atoms with Crippen molar-refractivity contribution in [1.82, 2.24) is 19.9 Å². The molecule has 8 bridgehead atoms. The number of carboxylic acids is 3.